The Hall–Kier alpha value is -0.920. The lowest BCUT2D eigenvalue weighted by Crippen LogP contribution is -2.57. The highest BCUT2D eigenvalue weighted by atomic mass is 32.2. The summed E-state index contributed by atoms with van der Waals surface area (Å²) in [7, 11) is -0.0771. The van der Waals surface area contributed by atoms with Gasteiger partial charge >= 0.3 is 0 Å². The predicted octanol–water partition coefficient (Wildman–Crippen LogP) is -0.988. The first kappa shape index (κ1) is 10.6. The zero-order valence-corrected chi connectivity index (χ0v) is 9.53. The molecule has 1 N–H and O–H groups in total. The summed E-state index contributed by atoms with van der Waals surface area (Å²) in [6, 6.07) is 0.0528. The molecular formula is C8H14N4O2S. The molecule has 0 spiro atoms. The molecule has 1 fully saturated rings. The van der Waals surface area contributed by atoms with Crippen molar-refractivity contribution in [2.24, 2.45) is 7.05 Å². The molecular weight excluding hydrogens is 216 g/mol. The Morgan fingerprint density at radius 1 is 1.60 bits per heavy atom. The molecule has 1 aromatic rings. The van der Waals surface area contributed by atoms with E-state index < -0.39 is 10.0 Å². The van der Waals surface area contributed by atoms with Crippen molar-refractivity contribution in [2.45, 2.75) is 11.1 Å². The van der Waals surface area contributed by atoms with E-state index in [0.717, 1.165) is 0 Å². The molecule has 0 atom stereocenters. The van der Waals surface area contributed by atoms with E-state index in [0.29, 0.717) is 13.1 Å². The molecule has 0 radical (unpaired) electrons. The number of aromatic nitrogens is 2. The number of rotatable bonds is 3. The average Bonchev–Trinajstić information content (AvgIpc) is 2.49. The Balaban J connectivity index is 2.26. The molecule has 15 heavy (non-hydrogen) atoms. The first-order valence-corrected chi connectivity index (χ1v) is 6.12. The molecule has 0 unspecified atom stereocenters. The number of hydrogen-bond donors (Lipinski definition) is 1. The summed E-state index contributed by atoms with van der Waals surface area (Å²) in [6.07, 6.45) is 3.00. The van der Waals surface area contributed by atoms with Crippen LogP contribution in [0.5, 0.6) is 0 Å². The van der Waals surface area contributed by atoms with Gasteiger partial charge in [0.1, 0.15) is 0 Å². The largest absolute Gasteiger partial charge is 0.339 e. The summed E-state index contributed by atoms with van der Waals surface area (Å²) in [6.45, 7) is 1.42. The lowest BCUT2D eigenvalue weighted by molar-refractivity contribution is 0.273. The fourth-order valence-electron chi connectivity index (χ4n) is 1.40. The minimum absolute atomic E-state index is 0.0528. The highest BCUT2D eigenvalue weighted by molar-refractivity contribution is 7.89. The Bertz CT molecular complexity index is 449. The second-order valence-electron chi connectivity index (χ2n) is 3.71. The van der Waals surface area contributed by atoms with Crippen molar-refractivity contribution in [3.05, 3.63) is 12.5 Å². The van der Waals surface area contributed by atoms with Crippen molar-refractivity contribution < 1.29 is 8.42 Å². The van der Waals surface area contributed by atoms with Crippen molar-refractivity contribution in [3.8, 4) is 0 Å². The first-order chi connectivity index (χ1) is 7.01. The van der Waals surface area contributed by atoms with Gasteiger partial charge in [-0.2, -0.15) is 4.31 Å². The summed E-state index contributed by atoms with van der Waals surface area (Å²) in [5.41, 5.74) is 0. The molecule has 0 aromatic carbocycles. The summed E-state index contributed by atoms with van der Waals surface area (Å²) in [5.74, 6) is 0. The third-order valence-corrected chi connectivity index (χ3v) is 4.39. The van der Waals surface area contributed by atoms with Gasteiger partial charge in [0.05, 0.1) is 6.33 Å². The fraction of sp³-hybridized carbons (Fsp3) is 0.625. The highest BCUT2D eigenvalue weighted by Crippen LogP contribution is 2.15. The molecule has 1 saturated heterocycles. The average molecular weight is 230 g/mol. The van der Waals surface area contributed by atoms with Crippen molar-refractivity contribution in [2.75, 3.05) is 20.1 Å². The van der Waals surface area contributed by atoms with Gasteiger partial charge in [0.25, 0.3) is 10.0 Å². The van der Waals surface area contributed by atoms with E-state index in [-0.39, 0.29) is 11.1 Å². The number of hydrogen-bond acceptors (Lipinski definition) is 4. The van der Waals surface area contributed by atoms with Gasteiger partial charge in [-0.05, 0) is 0 Å². The summed E-state index contributed by atoms with van der Waals surface area (Å²) < 4.78 is 27.0. The third kappa shape index (κ3) is 1.77. The molecule has 1 aromatic heterocycles. The molecule has 0 saturated carbocycles. The summed E-state index contributed by atoms with van der Waals surface area (Å²) in [4.78, 5) is 3.86. The van der Waals surface area contributed by atoms with Crippen LogP contribution in [0.4, 0.5) is 0 Å². The number of imidazole rings is 1. The van der Waals surface area contributed by atoms with Crippen LogP contribution in [0.3, 0.4) is 0 Å². The zero-order chi connectivity index (χ0) is 11.1. The lowest BCUT2D eigenvalue weighted by Gasteiger charge is -2.34. The van der Waals surface area contributed by atoms with Crippen molar-refractivity contribution >= 4 is 10.0 Å². The Morgan fingerprint density at radius 2 is 2.27 bits per heavy atom. The second kappa shape index (κ2) is 3.58. The van der Waals surface area contributed by atoms with Crippen LogP contribution < -0.4 is 5.32 Å². The number of aryl methyl sites for hydroxylation is 1. The number of sulfonamides is 1. The van der Waals surface area contributed by atoms with Crippen LogP contribution in [-0.4, -0.2) is 48.5 Å². The lowest BCUT2D eigenvalue weighted by atomic mass is 10.2. The molecule has 84 valence electrons. The van der Waals surface area contributed by atoms with Crippen molar-refractivity contribution in [1.29, 1.82) is 0 Å². The molecule has 0 bridgehead atoms. The number of nitrogens with zero attached hydrogens (tertiary/aromatic N) is 3. The normalized spacial score (nSPS) is 18.1. The summed E-state index contributed by atoms with van der Waals surface area (Å²) in [5, 5.41) is 3.15. The quantitative estimate of drug-likeness (QED) is 0.724. The van der Waals surface area contributed by atoms with Crippen LogP contribution in [0.15, 0.2) is 17.6 Å². The Kier molecular flexibility index (Phi) is 2.53. The van der Waals surface area contributed by atoms with Crippen LogP contribution in [0, 0.1) is 0 Å². The SMILES string of the molecule is CN(C1CNC1)S(=O)(=O)c1cn(C)cn1. The van der Waals surface area contributed by atoms with Crippen molar-refractivity contribution in [1.82, 2.24) is 19.2 Å². The minimum Gasteiger partial charge on any atom is -0.339 e. The van der Waals surface area contributed by atoms with Gasteiger partial charge in [-0.15, -0.1) is 0 Å². The van der Waals surface area contributed by atoms with E-state index in [1.54, 1.807) is 18.7 Å². The van der Waals surface area contributed by atoms with Gasteiger partial charge in [0, 0.05) is 39.4 Å². The van der Waals surface area contributed by atoms with Crippen LogP contribution in [0.1, 0.15) is 0 Å². The predicted molar refractivity (Wildman–Crippen MR) is 54.8 cm³/mol. The van der Waals surface area contributed by atoms with E-state index in [9.17, 15) is 8.42 Å². The molecule has 1 aliphatic rings. The molecule has 0 amide bonds. The summed E-state index contributed by atoms with van der Waals surface area (Å²) >= 11 is 0. The number of likely N-dealkylation sites (N-methyl/N-ethyl adjacent to an activating group) is 1. The maximum absolute atomic E-state index is 12.0. The maximum Gasteiger partial charge on any atom is 0.262 e. The van der Waals surface area contributed by atoms with Gasteiger partial charge in [0.15, 0.2) is 5.03 Å². The van der Waals surface area contributed by atoms with E-state index in [1.165, 1.54) is 16.8 Å². The zero-order valence-electron chi connectivity index (χ0n) is 8.71. The van der Waals surface area contributed by atoms with Gasteiger partial charge < -0.3 is 9.88 Å². The fourth-order valence-corrected chi connectivity index (χ4v) is 2.71. The van der Waals surface area contributed by atoms with E-state index in [2.05, 4.69) is 10.3 Å². The number of nitrogens with one attached hydrogen (secondary N) is 1. The molecule has 2 rings (SSSR count). The van der Waals surface area contributed by atoms with E-state index in [1.807, 2.05) is 0 Å². The topological polar surface area (TPSA) is 67.2 Å². The van der Waals surface area contributed by atoms with Crippen LogP contribution >= 0.6 is 0 Å². The molecule has 1 aliphatic heterocycles. The molecule has 7 heteroatoms. The van der Waals surface area contributed by atoms with Gasteiger partial charge in [-0.25, -0.2) is 13.4 Å². The van der Waals surface area contributed by atoms with Gasteiger partial charge in [0.2, 0.25) is 0 Å². The van der Waals surface area contributed by atoms with Crippen LogP contribution in [0.25, 0.3) is 0 Å². The minimum atomic E-state index is -3.42. The third-order valence-electron chi connectivity index (χ3n) is 2.60. The smallest absolute Gasteiger partial charge is 0.262 e. The highest BCUT2D eigenvalue weighted by Gasteiger charge is 2.32. The Morgan fingerprint density at radius 3 is 2.67 bits per heavy atom. The second-order valence-corrected chi connectivity index (χ2v) is 5.66. The van der Waals surface area contributed by atoms with Crippen LogP contribution in [-0.2, 0) is 17.1 Å². The first-order valence-electron chi connectivity index (χ1n) is 4.68. The standard InChI is InChI=1S/C8H14N4O2S/c1-11-5-8(10-6-11)15(13,14)12(2)7-3-9-4-7/h5-7,9H,3-4H2,1-2H3. The molecule has 0 aliphatic carbocycles. The maximum atomic E-state index is 12.0. The van der Waals surface area contributed by atoms with Gasteiger partial charge in [-0.3, -0.25) is 0 Å². The van der Waals surface area contributed by atoms with Crippen molar-refractivity contribution in [3.63, 3.8) is 0 Å². The van der Waals surface area contributed by atoms with E-state index in [4.69, 9.17) is 0 Å². The molecule has 6 nitrogen and oxygen atoms in total. The van der Waals surface area contributed by atoms with Crippen LogP contribution in [0.2, 0.25) is 0 Å². The van der Waals surface area contributed by atoms with E-state index >= 15 is 0 Å². The monoisotopic (exact) mass is 230 g/mol. The molecule has 2 heterocycles. The van der Waals surface area contributed by atoms with Gasteiger partial charge in [-0.1, -0.05) is 0 Å². The Labute approximate surface area is 89.0 Å².